The summed E-state index contributed by atoms with van der Waals surface area (Å²) in [5, 5.41) is 9.21. The second-order valence-electron chi connectivity index (χ2n) is 3.87. The maximum atomic E-state index is 11.4. The zero-order valence-electron chi connectivity index (χ0n) is 9.24. The third-order valence-corrected chi connectivity index (χ3v) is 2.60. The highest BCUT2D eigenvalue weighted by atomic mass is 16.3. The monoisotopic (exact) mass is 215 g/mol. The van der Waals surface area contributed by atoms with Gasteiger partial charge >= 0.3 is 0 Å². The molecule has 0 spiro atoms. The molecule has 0 aliphatic carbocycles. The number of aryl methyl sites for hydroxylation is 2. The highest BCUT2D eigenvalue weighted by Gasteiger charge is 2.04. The van der Waals surface area contributed by atoms with Gasteiger partial charge in [0, 0.05) is 16.8 Å². The number of aromatic hydroxyl groups is 1. The van der Waals surface area contributed by atoms with Crippen molar-refractivity contribution < 1.29 is 5.11 Å². The van der Waals surface area contributed by atoms with Crippen molar-refractivity contribution >= 4 is 0 Å². The first-order valence-electron chi connectivity index (χ1n) is 5.08. The Morgan fingerprint density at radius 1 is 1.12 bits per heavy atom. The number of aromatic nitrogens is 1. The number of pyridine rings is 1. The van der Waals surface area contributed by atoms with E-state index in [1.54, 1.807) is 19.1 Å². The van der Waals surface area contributed by atoms with Gasteiger partial charge in [-0.15, -0.1) is 0 Å². The smallest absolute Gasteiger partial charge is 0.251 e. The van der Waals surface area contributed by atoms with E-state index in [0.29, 0.717) is 5.56 Å². The highest BCUT2D eigenvalue weighted by molar-refractivity contribution is 5.66. The molecule has 3 heteroatoms. The Morgan fingerprint density at radius 2 is 1.75 bits per heavy atom. The minimum Gasteiger partial charge on any atom is -0.508 e. The number of hydrogen-bond donors (Lipinski definition) is 2. The molecule has 82 valence electrons. The van der Waals surface area contributed by atoms with Crippen molar-refractivity contribution in [1.82, 2.24) is 4.98 Å². The standard InChI is InChI=1S/C13H13NO2/c1-8-7-12(9(2)14-13(8)16)10-3-5-11(15)6-4-10/h3-7,15H,1-2H3,(H,14,16). The topological polar surface area (TPSA) is 53.1 Å². The largest absolute Gasteiger partial charge is 0.508 e. The number of hydrogen-bond acceptors (Lipinski definition) is 2. The number of nitrogens with one attached hydrogen (secondary N) is 1. The summed E-state index contributed by atoms with van der Waals surface area (Å²) in [5.74, 6) is 0.238. The fourth-order valence-corrected chi connectivity index (χ4v) is 1.67. The molecule has 0 atom stereocenters. The minimum atomic E-state index is -0.0555. The number of phenols is 1. The highest BCUT2D eigenvalue weighted by Crippen LogP contribution is 2.23. The Hall–Kier alpha value is -2.03. The first-order valence-corrected chi connectivity index (χ1v) is 5.08. The molecule has 1 aromatic carbocycles. The summed E-state index contributed by atoms with van der Waals surface area (Å²) < 4.78 is 0. The van der Waals surface area contributed by atoms with Crippen molar-refractivity contribution in [2.24, 2.45) is 0 Å². The molecule has 0 radical (unpaired) electrons. The summed E-state index contributed by atoms with van der Waals surface area (Å²) in [4.78, 5) is 14.2. The molecule has 0 aliphatic heterocycles. The molecule has 16 heavy (non-hydrogen) atoms. The third-order valence-electron chi connectivity index (χ3n) is 2.60. The summed E-state index contributed by atoms with van der Waals surface area (Å²) in [5.41, 5.74) is 3.43. The Labute approximate surface area is 93.4 Å². The van der Waals surface area contributed by atoms with Crippen molar-refractivity contribution in [1.29, 1.82) is 0 Å². The van der Waals surface area contributed by atoms with Gasteiger partial charge in [0.1, 0.15) is 5.75 Å². The van der Waals surface area contributed by atoms with Crippen LogP contribution in [-0.4, -0.2) is 10.1 Å². The molecule has 2 N–H and O–H groups in total. The summed E-state index contributed by atoms with van der Waals surface area (Å²) >= 11 is 0. The lowest BCUT2D eigenvalue weighted by molar-refractivity contribution is 0.475. The first kappa shape index (κ1) is 10.5. The maximum absolute atomic E-state index is 11.4. The van der Waals surface area contributed by atoms with Gasteiger partial charge in [0.15, 0.2) is 0 Å². The minimum absolute atomic E-state index is 0.0555. The van der Waals surface area contributed by atoms with Crippen LogP contribution < -0.4 is 5.56 Å². The molecule has 1 heterocycles. The molecule has 0 amide bonds. The van der Waals surface area contributed by atoms with Gasteiger partial charge < -0.3 is 10.1 Å². The van der Waals surface area contributed by atoms with Crippen LogP contribution in [0.1, 0.15) is 11.3 Å². The van der Waals surface area contributed by atoms with E-state index >= 15 is 0 Å². The van der Waals surface area contributed by atoms with E-state index in [4.69, 9.17) is 0 Å². The zero-order valence-corrected chi connectivity index (χ0v) is 9.24. The van der Waals surface area contributed by atoms with Gasteiger partial charge in [0.05, 0.1) is 0 Å². The fraction of sp³-hybridized carbons (Fsp3) is 0.154. The van der Waals surface area contributed by atoms with Crippen LogP contribution >= 0.6 is 0 Å². The van der Waals surface area contributed by atoms with E-state index in [0.717, 1.165) is 16.8 Å². The van der Waals surface area contributed by atoms with Gasteiger partial charge in [-0.1, -0.05) is 12.1 Å². The third kappa shape index (κ3) is 1.84. The lowest BCUT2D eigenvalue weighted by Crippen LogP contribution is -2.11. The molecular weight excluding hydrogens is 202 g/mol. The van der Waals surface area contributed by atoms with Crippen LogP contribution in [0.4, 0.5) is 0 Å². The summed E-state index contributed by atoms with van der Waals surface area (Å²) in [7, 11) is 0. The average molecular weight is 215 g/mol. The maximum Gasteiger partial charge on any atom is 0.251 e. The Bertz CT molecular complexity index is 567. The molecule has 0 aliphatic rings. The molecule has 3 nitrogen and oxygen atoms in total. The summed E-state index contributed by atoms with van der Waals surface area (Å²) in [6, 6.07) is 8.79. The van der Waals surface area contributed by atoms with Crippen molar-refractivity contribution in [3.63, 3.8) is 0 Å². The number of H-pyrrole nitrogens is 1. The van der Waals surface area contributed by atoms with Gasteiger partial charge in [-0.2, -0.15) is 0 Å². The molecule has 0 bridgehead atoms. The number of phenolic OH excluding ortho intramolecular Hbond substituents is 1. The van der Waals surface area contributed by atoms with Gasteiger partial charge in [-0.25, -0.2) is 0 Å². The normalized spacial score (nSPS) is 10.4. The number of rotatable bonds is 1. The van der Waals surface area contributed by atoms with E-state index in [1.165, 1.54) is 0 Å². The van der Waals surface area contributed by atoms with Crippen molar-refractivity contribution in [3.8, 4) is 16.9 Å². The molecular formula is C13H13NO2. The van der Waals surface area contributed by atoms with Crippen LogP contribution in [-0.2, 0) is 0 Å². The molecule has 0 unspecified atom stereocenters. The molecule has 0 saturated heterocycles. The van der Waals surface area contributed by atoms with Crippen LogP contribution in [0.3, 0.4) is 0 Å². The second-order valence-corrected chi connectivity index (χ2v) is 3.87. The summed E-state index contributed by atoms with van der Waals surface area (Å²) in [6.07, 6.45) is 0. The van der Waals surface area contributed by atoms with Gasteiger partial charge in [-0.05, 0) is 37.6 Å². The second kappa shape index (κ2) is 3.85. The van der Waals surface area contributed by atoms with Crippen molar-refractivity contribution in [2.45, 2.75) is 13.8 Å². The van der Waals surface area contributed by atoms with Crippen molar-refractivity contribution in [3.05, 3.63) is 51.9 Å². The van der Waals surface area contributed by atoms with Crippen LogP contribution in [0.15, 0.2) is 35.1 Å². The molecule has 0 fully saturated rings. The van der Waals surface area contributed by atoms with E-state index in [2.05, 4.69) is 4.98 Å². The Balaban J connectivity index is 2.60. The van der Waals surface area contributed by atoms with E-state index in [1.807, 2.05) is 25.1 Å². The van der Waals surface area contributed by atoms with Crippen LogP contribution in [0, 0.1) is 13.8 Å². The molecule has 1 aromatic heterocycles. The van der Waals surface area contributed by atoms with Crippen LogP contribution in [0.25, 0.3) is 11.1 Å². The Morgan fingerprint density at radius 3 is 2.38 bits per heavy atom. The van der Waals surface area contributed by atoms with E-state index < -0.39 is 0 Å². The van der Waals surface area contributed by atoms with Crippen LogP contribution in [0.2, 0.25) is 0 Å². The van der Waals surface area contributed by atoms with Crippen molar-refractivity contribution in [2.75, 3.05) is 0 Å². The van der Waals surface area contributed by atoms with Gasteiger partial charge in [0.2, 0.25) is 0 Å². The molecule has 2 aromatic rings. The fourth-order valence-electron chi connectivity index (χ4n) is 1.67. The quantitative estimate of drug-likeness (QED) is 0.767. The zero-order chi connectivity index (χ0) is 11.7. The van der Waals surface area contributed by atoms with Gasteiger partial charge in [0.25, 0.3) is 5.56 Å². The van der Waals surface area contributed by atoms with E-state index in [-0.39, 0.29) is 11.3 Å². The average Bonchev–Trinajstić information content (AvgIpc) is 2.25. The first-order chi connectivity index (χ1) is 7.58. The lowest BCUT2D eigenvalue weighted by atomic mass is 10.0. The Kier molecular flexibility index (Phi) is 2.52. The van der Waals surface area contributed by atoms with Gasteiger partial charge in [-0.3, -0.25) is 4.79 Å². The number of aromatic amines is 1. The van der Waals surface area contributed by atoms with E-state index in [9.17, 15) is 9.90 Å². The summed E-state index contributed by atoms with van der Waals surface area (Å²) in [6.45, 7) is 3.64. The predicted molar refractivity (Wildman–Crippen MR) is 63.6 cm³/mol. The molecule has 0 saturated carbocycles. The SMILES string of the molecule is Cc1[nH]c(=O)c(C)cc1-c1ccc(O)cc1. The predicted octanol–water partition coefficient (Wildman–Crippen LogP) is 2.36. The lowest BCUT2D eigenvalue weighted by Gasteiger charge is -2.07. The molecule has 2 rings (SSSR count). The van der Waals surface area contributed by atoms with Crippen LogP contribution in [0.5, 0.6) is 5.75 Å². The number of benzene rings is 1.